The van der Waals surface area contributed by atoms with E-state index in [1.165, 1.54) is 12.8 Å². The quantitative estimate of drug-likeness (QED) is 0.703. The van der Waals surface area contributed by atoms with E-state index < -0.39 is 0 Å². The minimum absolute atomic E-state index is 0.227. The second kappa shape index (κ2) is 13.2. The highest BCUT2D eigenvalue weighted by Crippen LogP contribution is 2.19. The number of hydrogen-bond acceptors (Lipinski definition) is 5. The third-order valence-corrected chi connectivity index (χ3v) is 5.27. The topological polar surface area (TPSA) is 55.9 Å². The zero-order chi connectivity index (χ0) is 19.4. The van der Waals surface area contributed by atoms with Crippen LogP contribution in [0.2, 0.25) is 0 Å². The van der Waals surface area contributed by atoms with Gasteiger partial charge in [0.25, 0.3) is 0 Å². The lowest BCUT2D eigenvalue weighted by molar-refractivity contribution is -0.132. The van der Waals surface area contributed by atoms with Crippen molar-refractivity contribution >= 4 is 11.7 Å². The second-order valence-electron chi connectivity index (χ2n) is 7.07. The van der Waals surface area contributed by atoms with Gasteiger partial charge in [-0.15, -0.1) is 0 Å². The minimum Gasteiger partial charge on any atom is -0.339 e. The Hall–Kier alpha value is -0.980. The Morgan fingerprint density at radius 3 is 2.08 bits per heavy atom. The molecule has 1 N–H and O–H groups in total. The number of hydrogen-bond donors (Lipinski definition) is 1. The van der Waals surface area contributed by atoms with Gasteiger partial charge in [0.05, 0.1) is 13.1 Å². The van der Waals surface area contributed by atoms with Gasteiger partial charge in [-0.05, 0) is 38.4 Å². The first-order chi connectivity index (χ1) is 12.6. The SMILES string of the molecule is CC.CCNCC(=O)N1CCN(CC2CCN(CC(=O)CC)CC2)CC1. The molecule has 2 rings (SSSR count). The molecule has 0 aromatic heterocycles. The van der Waals surface area contributed by atoms with E-state index in [0.717, 1.165) is 58.3 Å². The maximum atomic E-state index is 12.0. The van der Waals surface area contributed by atoms with E-state index >= 15 is 0 Å². The number of piperazine rings is 1. The molecule has 6 heteroatoms. The summed E-state index contributed by atoms with van der Waals surface area (Å²) in [5, 5.41) is 3.11. The molecule has 0 bridgehead atoms. The number of rotatable bonds is 8. The molecule has 0 radical (unpaired) electrons. The van der Waals surface area contributed by atoms with Crippen molar-refractivity contribution in [3.63, 3.8) is 0 Å². The highest BCUT2D eigenvalue weighted by Gasteiger charge is 2.25. The molecule has 0 aromatic rings. The molecule has 1 amide bonds. The second-order valence-corrected chi connectivity index (χ2v) is 7.07. The molecule has 2 aliphatic rings. The van der Waals surface area contributed by atoms with Crippen molar-refractivity contribution in [1.82, 2.24) is 20.0 Å². The van der Waals surface area contributed by atoms with E-state index in [9.17, 15) is 9.59 Å². The largest absolute Gasteiger partial charge is 0.339 e. The van der Waals surface area contributed by atoms with Crippen LogP contribution in [0.3, 0.4) is 0 Å². The van der Waals surface area contributed by atoms with Crippen LogP contribution >= 0.6 is 0 Å². The molecule has 6 nitrogen and oxygen atoms in total. The number of ketones is 1. The molecule has 0 atom stereocenters. The molecule has 0 aromatic carbocycles. The number of nitrogens with zero attached hydrogens (tertiary/aromatic N) is 3. The first-order valence-corrected chi connectivity index (χ1v) is 10.6. The van der Waals surface area contributed by atoms with Gasteiger partial charge in [0.1, 0.15) is 5.78 Å². The summed E-state index contributed by atoms with van der Waals surface area (Å²) in [4.78, 5) is 30.4. The predicted molar refractivity (Wildman–Crippen MR) is 107 cm³/mol. The molecule has 0 saturated carbocycles. The summed E-state index contributed by atoms with van der Waals surface area (Å²) < 4.78 is 0. The lowest BCUT2D eigenvalue weighted by Crippen LogP contribution is -2.52. The molecular formula is C20H40N4O2. The van der Waals surface area contributed by atoms with E-state index in [1.807, 2.05) is 32.6 Å². The van der Waals surface area contributed by atoms with Gasteiger partial charge in [0, 0.05) is 39.1 Å². The van der Waals surface area contributed by atoms with Crippen LogP contribution in [0.5, 0.6) is 0 Å². The number of likely N-dealkylation sites (tertiary alicyclic amines) is 1. The average Bonchev–Trinajstić information content (AvgIpc) is 2.69. The van der Waals surface area contributed by atoms with E-state index in [2.05, 4.69) is 15.1 Å². The Balaban J connectivity index is 0.00000163. The van der Waals surface area contributed by atoms with Gasteiger partial charge in [-0.2, -0.15) is 0 Å². The lowest BCUT2D eigenvalue weighted by Gasteiger charge is -2.38. The van der Waals surface area contributed by atoms with Crippen molar-refractivity contribution in [2.24, 2.45) is 5.92 Å². The Labute approximate surface area is 160 Å². The van der Waals surface area contributed by atoms with Gasteiger partial charge in [0.2, 0.25) is 5.91 Å². The Morgan fingerprint density at radius 2 is 1.54 bits per heavy atom. The first-order valence-electron chi connectivity index (χ1n) is 10.6. The van der Waals surface area contributed by atoms with Crippen LogP contribution in [-0.4, -0.2) is 91.8 Å². The van der Waals surface area contributed by atoms with Crippen molar-refractivity contribution in [2.45, 2.75) is 47.0 Å². The summed E-state index contributed by atoms with van der Waals surface area (Å²) in [7, 11) is 0. The summed E-state index contributed by atoms with van der Waals surface area (Å²) in [5.74, 6) is 1.32. The molecule has 0 unspecified atom stereocenters. The monoisotopic (exact) mass is 368 g/mol. The van der Waals surface area contributed by atoms with Gasteiger partial charge in [-0.1, -0.05) is 27.7 Å². The zero-order valence-corrected chi connectivity index (χ0v) is 17.4. The van der Waals surface area contributed by atoms with Crippen LogP contribution in [0.1, 0.15) is 47.0 Å². The van der Waals surface area contributed by atoms with Crippen molar-refractivity contribution in [1.29, 1.82) is 0 Å². The lowest BCUT2D eigenvalue weighted by atomic mass is 9.95. The van der Waals surface area contributed by atoms with Crippen LogP contribution in [0.15, 0.2) is 0 Å². The van der Waals surface area contributed by atoms with E-state index in [0.29, 0.717) is 25.3 Å². The maximum Gasteiger partial charge on any atom is 0.236 e. The molecule has 0 spiro atoms. The third-order valence-electron chi connectivity index (χ3n) is 5.27. The van der Waals surface area contributed by atoms with Crippen LogP contribution in [-0.2, 0) is 9.59 Å². The molecular weight excluding hydrogens is 328 g/mol. The average molecular weight is 369 g/mol. The molecule has 2 saturated heterocycles. The summed E-state index contributed by atoms with van der Waals surface area (Å²) in [6, 6.07) is 0. The van der Waals surface area contributed by atoms with Gasteiger partial charge in [-0.25, -0.2) is 0 Å². The van der Waals surface area contributed by atoms with Crippen molar-refractivity contribution < 1.29 is 9.59 Å². The Morgan fingerprint density at radius 1 is 0.923 bits per heavy atom. The minimum atomic E-state index is 0.227. The van der Waals surface area contributed by atoms with Gasteiger partial charge in [-0.3, -0.25) is 19.4 Å². The molecule has 2 fully saturated rings. The van der Waals surface area contributed by atoms with Crippen molar-refractivity contribution in [3.05, 3.63) is 0 Å². The van der Waals surface area contributed by atoms with Crippen molar-refractivity contribution in [3.8, 4) is 0 Å². The van der Waals surface area contributed by atoms with E-state index in [4.69, 9.17) is 0 Å². The number of carbonyl (C=O) groups excluding carboxylic acids is 2. The first kappa shape index (κ1) is 23.1. The number of nitrogens with one attached hydrogen (secondary N) is 1. The summed E-state index contributed by atoms with van der Waals surface area (Å²) in [6.07, 6.45) is 3.03. The van der Waals surface area contributed by atoms with E-state index in [-0.39, 0.29) is 5.91 Å². The molecule has 152 valence electrons. The standard InChI is InChI=1S/C18H34N4O2.C2H6/c1-3-17(23)15-20-7-5-16(6-8-20)14-21-9-11-22(12-10-21)18(24)13-19-4-2;1-2/h16,19H,3-15H2,1-2H3;1-2H3. The van der Waals surface area contributed by atoms with Crippen LogP contribution in [0, 0.1) is 5.92 Å². The number of Topliss-reactive ketones (excluding diaryl/α,β-unsaturated/α-hetero) is 1. The maximum absolute atomic E-state index is 12.0. The number of piperidine rings is 1. The van der Waals surface area contributed by atoms with E-state index in [1.54, 1.807) is 0 Å². The summed E-state index contributed by atoms with van der Waals surface area (Å²) in [6.45, 7) is 16.9. The molecule has 2 aliphatic heterocycles. The van der Waals surface area contributed by atoms with Crippen LogP contribution in [0.25, 0.3) is 0 Å². The fraction of sp³-hybridized carbons (Fsp3) is 0.900. The van der Waals surface area contributed by atoms with Gasteiger partial charge < -0.3 is 10.2 Å². The fourth-order valence-electron chi connectivity index (χ4n) is 3.58. The Bertz CT molecular complexity index is 401. The highest BCUT2D eigenvalue weighted by atomic mass is 16.2. The summed E-state index contributed by atoms with van der Waals surface area (Å²) in [5.41, 5.74) is 0. The Kier molecular flexibility index (Phi) is 11.7. The normalized spacial score (nSPS) is 19.8. The van der Waals surface area contributed by atoms with Gasteiger partial charge >= 0.3 is 0 Å². The van der Waals surface area contributed by atoms with Crippen molar-refractivity contribution in [2.75, 3.05) is 65.4 Å². The highest BCUT2D eigenvalue weighted by molar-refractivity contribution is 5.80. The molecule has 26 heavy (non-hydrogen) atoms. The summed E-state index contributed by atoms with van der Waals surface area (Å²) >= 11 is 0. The third kappa shape index (κ3) is 8.14. The smallest absolute Gasteiger partial charge is 0.236 e. The van der Waals surface area contributed by atoms with Crippen LogP contribution in [0.4, 0.5) is 0 Å². The zero-order valence-electron chi connectivity index (χ0n) is 17.4. The number of amides is 1. The fourth-order valence-corrected chi connectivity index (χ4v) is 3.58. The molecule has 2 heterocycles. The molecule has 0 aliphatic carbocycles. The number of likely N-dealkylation sites (N-methyl/N-ethyl adjacent to an activating group) is 1. The number of carbonyl (C=O) groups is 2. The van der Waals surface area contributed by atoms with Crippen LogP contribution < -0.4 is 5.32 Å². The predicted octanol–water partition coefficient (Wildman–Crippen LogP) is 1.46. The van der Waals surface area contributed by atoms with Gasteiger partial charge in [0.15, 0.2) is 0 Å².